The van der Waals surface area contributed by atoms with Crippen molar-refractivity contribution in [3.63, 3.8) is 0 Å². The van der Waals surface area contributed by atoms with Crippen LogP contribution in [-0.4, -0.2) is 14.7 Å². The van der Waals surface area contributed by atoms with Gasteiger partial charge in [-0.25, -0.2) is 4.21 Å². The molecule has 0 saturated heterocycles. The highest BCUT2D eigenvalue weighted by atomic mass is 32.2. The van der Waals surface area contributed by atoms with Crippen LogP contribution in [0.2, 0.25) is 0 Å². The fourth-order valence-electron chi connectivity index (χ4n) is 3.04. The number of carbonyl (C=O) groups excluding carboxylic acids is 1. The summed E-state index contributed by atoms with van der Waals surface area (Å²) in [5.74, 6) is 0.132. The Kier molecular flexibility index (Phi) is 5.84. The number of rotatable bonds is 6. The number of aryl methyl sites for hydroxylation is 1. The molecule has 4 heteroatoms. The van der Waals surface area contributed by atoms with E-state index >= 15 is 0 Å². The molecule has 0 radical (unpaired) electrons. The van der Waals surface area contributed by atoms with Gasteiger partial charge in [0, 0.05) is 17.5 Å². The second-order valence-corrected chi connectivity index (χ2v) is 7.84. The Morgan fingerprint density at radius 1 is 1.00 bits per heavy atom. The standard InChI is InChI=1S/C22H23NO2S/c1-3-18(19-8-5-4-6-9-19)16-21(24)23-15-7-10-22(23)26(25)20-13-11-17(2)12-14-20/h4-15,18H,3,16H2,1-2H3/t18-,26?/m0/s1. The number of hydrogen-bond donors (Lipinski definition) is 0. The second kappa shape index (κ2) is 8.28. The summed E-state index contributed by atoms with van der Waals surface area (Å²) in [6.07, 6.45) is 2.99. The van der Waals surface area contributed by atoms with Crippen LogP contribution < -0.4 is 0 Å². The van der Waals surface area contributed by atoms with Gasteiger partial charge >= 0.3 is 0 Å². The minimum absolute atomic E-state index is 0.0267. The van der Waals surface area contributed by atoms with E-state index in [4.69, 9.17) is 0 Å². The minimum Gasteiger partial charge on any atom is -0.279 e. The smallest absolute Gasteiger partial charge is 0.232 e. The van der Waals surface area contributed by atoms with Crippen molar-refractivity contribution < 1.29 is 9.00 Å². The predicted molar refractivity (Wildman–Crippen MR) is 105 cm³/mol. The third-order valence-electron chi connectivity index (χ3n) is 4.59. The van der Waals surface area contributed by atoms with Crippen molar-refractivity contribution in [2.24, 2.45) is 0 Å². The average molecular weight is 365 g/mol. The maximum absolute atomic E-state index is 12.9. The van der Waals surface area contributed by atoms with Gasteiger partial charge in [0.1, 0.15) is 15.8 Å². The summed E-state index contributed by atoms with van der Waals surface area (Å²) in [4.78, 5) is 13.6. The Balaban J connectivity index is 1.82. The molecule has 3 nitrogen and oxygen atoms in total. The summed E-state index contributed by atoms with van der Waals surface area (Å²) < 4.78 is 14.5. The van der Waals surface area contributed by atoms with E-state index < -0.39 is 10.8 Å². The minimum atomic E-state index is -1.38. The van der Waals surface area contributed by atoms with Gasteiger partial charge in [-0.3, -0.25) is 9.36 Å². The lowest BCUT2D eigenvalue weighted by Gasteiger charge is -2.16. The maximum atomic E-state index is 12.9. The largest absolute Gasteiger partial charge is 0.279 e. The van der Waals surface area contributed by atoms with Gasteiger partial charge in [-0.2, -0.15) is 0 Å². The molecule has 0 spiro atoms. The zero-order valence-electron chi connectivity index (χ0n) is 15.1. The van der Waals surface area contributed by atoms with Gasteiger partial charge < -0.3 is 0 Å². The second-order valence-electron chi connectivity index (χ2n) is 6.41. The number of hydrogen-bond acceptors (Lipinski definition) is 2. The summed E-state index contributed by atoms with van der Waals surface area (Å²) in [5, 5.41) is 0.529. The monoisotopic (exact) mass is 365 g/mol. The molecule has 0 bridgehead atoms. The maximum Gasteiger partial charge on any atom is 0.232 e. The lowest BCUT2D eigenvalue weighted by molar-refractivity contribution is 0.0882. The summed E-state index contributed by atoms with van der Waals surface area (Å²) in [5.41, 5.74) is 2.28. The Labute approximate surface area is 157 Å². The Morgan fingerprint density at radius 3 is 2.35 bits per heavy atom. The van der Waals surface area contributed by atoms with Crippen LogP contribution in [-0.2, 0) is 10.8 Å². The Morgan fingerprint density at radius 2 is 1.69 bits per heavy atom. The first kappa shape index (κ1) is 18.3. The van der Waals surface area contributed by atoms with Crippen LogP contribution in [0.5, 0.6) is 0 Å². The van der Waals surface area contributed by atoms with Gasteiger partial charge in [0.05, 0.1) is 0 Å². The highest BCUT2D eigenvalue weighted by molar-refractivity contribution is 7.85. The Bertz CT molecular complexity index is 897. The van der Waals surface area contributed by atoms with Gasteiger partial charge in [0.25, 0.3) is 0 Å². The van der Waals surface area contributed by atoms with Crippen LogP contribution in [0.1, 0.15) is 41.6 Å². The van der Waals surface area contributed by atoms with E-state index in [-0.39, 0.29) is 11.8 Å². The van der Waals surface area contributed by atoms with Gasteiger partial charge in [-0.1, -0.05) is 55.0 Å². The molecule has 1 heterocycles. The molecule has 2 atom stereocenters. The summed E-state index contributed by atoms with van der Waals surface area (Å²) >= 11 is 0. The molecule has 2 aromatic carbocycles. The van der Waals surface area contributed by atoms with Crippen LogP contribution in [0.4, 0.5) is 0 Å². The van der Waals surface area contributed by atoms with Crippen LogP contribution in [0, 0.1) is 6.92 Å². The van der Waals surface area contributed by atoms with Gasteiger partial charge in [0.2, 0.25) is 5.91 Å². The molecule has 1 unspecified atom stereocenters. The predicted octanol–water partition coefficient (Wildman–Crippen LogP) is 5.19. The molecule has 0 saturated carbocycles. The normalized spacial score (nSPS) is 13.3. The van der Waals surface area contributed by atoms with Crippen molar-refractivity contribution in [1.29, 1.82) is 0 Å². The van der Waals surface area contributed by atoms with E-state index in [1.807, 2.05) is 49.4 Å². The molecule has 0 aliphatic rings. The summed E-state index contributed by atoms with van der Waals surface area (Å²) in [6.45, 7) is 4.08. The summed E-state index contributed by atoms with van der Waals surface area (Å²) in [7, 11) is -1.38. The SMILES string of the molecule is CC[C@@H](CC(=O)n1cccc1S(=O)c1ccc(C)cc1)c1ccccc1. The topological polar surface area (TPSA) is 39.1 Å². The lowest BCUT2D eigenvalue weighted by Crippen LogP contribution is -2.16. The van der Waals surface area contributed by atoms with Crippen LogP contribution in [0.25, 0.3) is 0 Å². The quantitative estimate of drug-likeness (QED) is 0.603. The van der Waals surface area contributed by atoms with Crippen molar-refractivity contribution >= 4 is 16.7 Å². The van der Waals surface area contributed by atoms with E-state index in [1.54, 1.807) is 22.9 Å². The Hall–Kier alpha value is -2.46. The third-order valence-corrected chi connectivity index (χ3v) is 6.00. The van der Waals surface area contributed by atoms with Crippen LogP contribution in [0.15, 0.2) is 82.8 Å². The van der Waals surface area contributed by atoms with E-state index in [1.165, 1.54) is 0 Å². The number of nitrogens with zero attached hydrogens (tertiary/aromatic N) is 1. The average Bonchev–Trinajstić information content (AvgIpc) is 3.16. The highest BCUT2D eigenvalue weighted by Crippen LogP contribution is 2.25. The molecule has 0 amide bonds. The van der Waals surface area contributed by atoms with E-state index in [9.17, 15) is 9.00 Å². The van der Waals surface area contributed by atoms with Crippen LogP contribution in [0.3, 0.4) is 0 Å². The van der Waals surface area contributed by atoms with Crippen molar-refractivity contribution in [3.8, 4) is 0 Å². The lowest BCUT2D eigenvalue weighted by atomic mass is 9.93. The molecule has 0 N–H and O–H groups in total. The molecular formula is C22H23NO2S. The molecular weight excluding hydrogens is 342 g/mol. The zero-order valence-corrected chi connectivity index (χ0v) is 15.9. The first-order valence-corrected chi connectivity index (χ1v) is 9.99. The van der Waals surface area contributed by atoms with Crippen molar-refractivity contribution in [1.82, 2.24) is 4.57 Å². The summed E-state index contributed by atoms with van der Waals surface area (Å²) in [6, 6.07) is 21.2. The van der Waals surface area contributed by atoms with Crippen molar-refractivity contribution in [2.75, 3.05) is 0 Å². The van der Waals surface area contributed by atoms with Crippen LogP contribution >= 0.6 is 0 Å². The fourth-order valence-corrected chi connectivity index (χ4v) is 4.21. The van der Waals surface area contributed by atoms with Crippen molar-refractivity contribution in [3.05, 3.63) is 84.1 Å². The van der Waals surface area contributed by atoms with E-state index in [2.05, 4.69) is 19.1 Å². The molecule has 0 aliphatic carbocycles. The zero-order chi connectivity index (χ0) is 18.5. The molecule has 0 fully saturated rings. The first-order chi connectivity index (χ1) is 12.6. The number of benzene rings is 2. The van der Waals surface area contributed by atoms with Gasteiger partial charge in [-0.15, -0.1) is 0 Å². The van der Waals surface area contributed by atoms with Gasteiger partial charge in [0.15, 0.2) is 0 Å². The molecule has 1 aromatic heterocycles. The van der Waals surface area contributed by atoms with Gasteiger partial charge in [-0.05, 0) is 49.1 Å². The highest BCUT2D eigenvalue weighted by Gasteiger charge is 2.20. The number of carbonyl (C=O) groups is 1. The molecule has 3 rings (SSSR count). The molecule has 26 heavy (non-hydrogen) atoms. The molecule has 134 valence electrons. The molecule has 0 aliphatic heterocycles. The van der Waals surface area contributed by atoms with E-state index in [0.29, 0.717) is 16.3 Å². The van der Waals surface area contributed by atoms with Crippen molar-refractivity contribution in [2.45, 2.75) is 42.5 Å². The van der Waals surface area contributed by atoms with E-state index in [0.717, 1.165) is 17.5 Å². The number of aromatic nitrogens is 1. The fraction of sp³-hybridized carbons (Fsp3) is 0.227. The third kappa shape index (κ3) is 4.02. The first-order valence-electron chi connectivity index (χ1n) is 8.84. The molecule has 3 aromatic rings.